The lowest BCUT2D eigenvalue weighted by Crippen LogP contribution is -2.46. The van der Waals surface area contributed by atoms with Crippen molar-refractivity contribution in [3.63, 3.8) is 0 Å². The highest BCUT2D eigenvalue weighted by Gasteiger charge is 2.28. The molecule has 0 spiro atoms. The fourth-order valence-electron chi connectivity index (χ4n) is 3.97. The quantitative estimate of drug-likeness (QED) is 0.854. The molecule has 1 aliphatic heterocycles. The largest absolute Gasteiger partial charge is 0.466 e. The van der Waals surface area contributed by atoms with E-state index in [9.17, 15) is 9.59 Å². The predicted molar refractivity (Wildman–Crippen MR) is 96.4 cm³/mol. The number of amides is 2. The summed E-state index contributed by atoms with van der Waals surface area (Å²) >= 11 is 0. The minimum absolute atomic E-state index is 0.00892. The van der Waals surface area contributed by atoms with Crippen molar-refractivity contribution in [1.82, 2.24) is 10.2 Å². The Bertz CT molecular complexity index is 609. The Labute approximate surface area is 149 Å². The number of nitrogens with one attached hydrogen (secondary N) is 1. The van der Waals surface area contributed by atoms with E-state index < -0.39 is 0 Å². The standard InChI is InChI=1S/C20H28N2O3/c1-2-25-19(23)16-10-12-22(13-11-16)20(24)21-14-17-8-5-7-15-6-3-4-9-18(15)17/h3-4,6,9,16-17H,2,5,7-8,10-14H2,1H3,(H,21,24). The molecule has 1 saturated heterocycles. The Morgan fingerprint density at radius 3 is 2.72 bits per heavy atom. The molecule has 1 atom stereocenters. The molecule has 1 heterocycles. The monoisotopic (exact) mass is 344 g/mol. The molecule has 1 aromatic rings. The van der Waals surface area contributed by atoms with Crippen LogP contribution >= 0.6 is 0 Å². The molecule has 0 radical (unpaired) electrons. The molecule has 2 amide bonds. The molecule has 1 N–H and O–H groups in total. The van der Waals surface area contributed by atoms with E-state index in [0.29, 0.717) is 45.0 Å². The van der Waals surface area contributed by atoms with E-state index in [-0.39, 0.29) is 17.9 Å². The number of esters is 1. The summed E-state index contributed by atoms with van der Waals surface area (Å²) in [5.41, 5.74) is 2.80. The van der Waals surface area contributed by atoms with Gasteiger partial charge in [0.15, 0.2) is 0 Å². The number of benzene rings is 1. The molecule has 1 aromatic carbocycles. The van der Waals surface area contributed by atoms with Gasteiger partial charge in [-0.05, 0) is 50.2 Å². The van der Waals surface area contributed by atoms with E-state index >= 15 is 0 Å². The lowest BCUT2D eigenvalue weighted by atomic mass is 9.83. The molecule has 0 aromatic heterocycles. The highest BCUT2D eigenvalue weighted by molar-refractivity contribution is 5.76. The van der Waals surface area contributed by atoms with E-state index in [1.165, 1.54) is 17.5 Å². The second-order valence-electron chi connectivity index (χ2n) is 6.99. The van der Waals surface area contributed by atoms with Crippen LogP contribution in [-0.4, -0.2) is 43.1 Å². The molecule has 2 aliphatic rings. The van der Waals surface area contributed by atoms with Gasteiger partial charge in [-0.15, -0.1) is 0 Å². The fourth-order valence-corrected chi connectivity index (χ4v) is 3.97. The highest BCUT2D eigenvalue weighted by atomic mass is 16.5. The van der Waals surface area contributed by atoms with Crippen LogP contribution in [0.2, 0.25) is 0 Å². The van der Waals surface area contributed by atoms with Gasteiger partial charge in [-0.25, -0.2) is 4.79 Å². The topological polar surface area (TPSA) is 58.6 Å². The lowest BCUT2D eigenvalue weighted by molar-refractivity contribution is -0.149. The normalized spacial score (nSPS) is 20.7. The SMILES string of the molecule is CCOC(=O)C1CCN(C(=O)NCC2CCCc3ccccc32)CC1. The number of urea groups is 1. The third kappa shape index (κ3) is 4.33. The maximum absolute atomic E-state index is 12.5. The summed E-state index contributed by atoms with van der Waals surface area (Å²) in [6, 6.07) is 8.55. The second-order valence-corrected chi connectivity index (χ2v) is 6.99. The van der Waals surface area contributed by atoms with Crippen molar-refractivity contribution < 1.29 is 14.3 Å². The smallest absolute Gasteiger partial charge is 0.317 e. The summed E-state index contributed by atoms with van der Waals surface area (Å²) in [5, 5.41) is 3.10. The number of rotatable bonds is 4. The molecule has 25 heavy (non-hydrogen) atoms. The molecule has 0 saturated carbocycles. The fraction of sp³-hybridized carbons (Fsp3) is 0.600. The van der Waals surface area contributed by atoms with Crippen LogP contribution in [0.1, 0.15) is 49.7 Å². The van der Waals surface area contributed by atoms with Crippen molar-refractivity contribution in [2.24, 2.45) is 5.92 Å². The summed E-state index contributed by atoms with van der Waals surface area (Å²) < 4.78 is 5.08. The maximum Gasteiger partial charge on any atom is 0.317 e. The van der Waals surface area contributed by atoms with Crippen LogP contribution in [0.5, 0.6) is 0 Å². The van der Waals surface area contributed by atoms with E-state index in [1.807, 2.05) is 11.8 Å². The van der Waals surface area contributed by atoms with Crippen LogP contribution in [0.4, 0.5) is 4.79 Å². The second kappa shape index (κ2) is 8.37. The van der Waals surface area contributed by atoms with Gasteiger partial charge >= 0.3 is 12.0 Å². The zero-order valence-electron chi connectivity index (χ0n) is 15.0. The number of piperidine rings is 1. The zero-order valence-corrected chi connectivity index (χ0v) is 15.0. The van der Waals surface area contributed by atoms with E-state index in [0.717, 1.165) is 12.8 Å². The van der Waals surface area contributed by atoms with Gasteiger partial charge < -0.3 is 15.0 Å². The molecular weight excluding hydrogens is 316 g/mol. The van der Waals surface area contributed by atoms with Crippen LogP contribution in [0.25, 0.3) is 0 Å². The number of carbonyl (C=O) groups excluding carboxylic acids is 2. The van der Waals surface area contributed by atoms with Crippen molar-refractivity contribution in [3.05, 3.63) is 35.4 Å². The Morgan fingerprint density at radius 1 is 1.20 bits per heavy atom. The first-order chi connectivity index (χ1) is 12.2. The molecule has 1 unspecified atom stereocenters. The number of carbonyl (C=O) groups is 2. The van der Waals surface area contributed by atoms with Crippen molar-refractivity contribution in [2.45, 2.75) is 44.9 Å². The third-order valence-corrected chi connectivity index (χ3v) is 5.40. The van der Waals surface area contributed by atoms with Gasteiger partial charge in [-0.1, -0.05) is 24.3 Å². The number of hydrogen-bond donors (Lipinski definition) is 1. The van der Waals surface area contributed by atoms with Crippen LogP contribution in [-0.2, 0) is 16.0 Å². The van der Waals surface area contributed by atoms with Crippen LogP contribution < -0.4 is 5.32 Å². The minimum Gasteiger partial charge on any atom is -0.466 e. The predicted octanol–water partition coefficient (Wildman–Crippen LogP) is 3.09. The van der Waals surface area contributed by atoms with Gasteiger partial charge in [0.1, 0.15) is 0 Å². The minimum atomic E-state index is -0.124. The Balaban J connectivity index is 1.47. The lowest BCUT2D eigenvalue weighted by Gasteiger charge is -2.32. The Kier molecular flexibility index (Phi) is 5.95. The van der Waals surface area contributed by atoms with Crippen LogP contribution in [0, 0.1) is 5.92 Å². The number of ether oxygens (including phenoxy) is 1. The summed E-state index contributed by atoms with van der Waals surface area (Å²) in [4.78, 5) is 26.1. The van der Waals surface area contributed by atoms with E-state index in [1.54, 1.807) is 0 Å². The first kappa shape index (κ1) is 17.8. The van der Waals surface area contributed by atoms with E-state index in [4.69, 9.17) is 4.74 Å². The van der Waals surface area contributed by atoms with Gasteiger partial charge in [0.2, 0.25) is 0 Å². The average Bonchev–Trinajstić information content (AvgIpc) is 2.66. The molecule has 3 rings (SSSR count). The number of fused-ring (bicyclic) bond motifs is 1. The molecule has 136 valence electrons. The van der Waals surface area contributed by atoms with Gasteiger partial charge in [0.25, 0.3) is 0 Å². The van der Waals surface area contributed by atoms with E-state index in [2.05, 4.69) is 29.6 Å². The summed E-state index contributed by atoms with van der Waals surface area (Å²) in [6.07, 6.45) is 4.84. The average molecular weight is 344 g/mol. The van der Waals surface area contributed by atoms with Crippen LogP contribution in [0.3, 0.4) is 0 Å². The Morgan fingerprint density at radius 2 is 1.96 bits per heavy atom. The molecule has 0 bridgehead atoms. The van der Waals surface area contributed by atoms with Crippen molar-refractivity contribution >= 4 is 12.0 Å². The van der Waals surface area contributed by atoms with Crippen molar-refractivity contribution in [2.75, 3.05) is 26.2 Å². The summed E-state index contributed by atoms with van der Waals surface area (Å²) in [6.45, 7) is 4.17. The van der Waals surface area contributed by atoms with Crippen molar-refractivity contribution in [1.29, 1.82) is 0 Å². The number of aryl methyl sites for hydroxylation is 1. The van der Waals surface area contributed by atoms with Crippen LogP contribution in [0.15, 0.2) is 24.3 Å². The third-order valence-electron chi connectivity index (χ3n) is 5.40. The van der Waals surface area contributed by atoms with Gasteiger partial charge in [0.05, 0.1) is 12.5 Å². The number of nitrogens with zero attached hydrogens (tertiary/aromatic N) is 1. The summed E-state index contributed by atoms with van der Waals surface area (Å²) in [7, 11) is 0. The number of likely N-dealkylation sites (tertiary alicyclic amines) is 1. The van der Waals surface area contributed by atoms with Gasteiger partial charge in [0, 0.05) is 25.6 Å². The Hall–Kier alpha value is -2.04. The molecular formula is C20H28N2O3. The van der Waals surface area contributed by atoms with Crippen molar-refractivity contribution in [3.8, 4) is 0 Å². The number of hydrogen-bond acceptors (Lipinski definition) is 3. The first-order valence-electron chi connectivity index (χ1n) is 9.46. The van der Waals surface area contributed by atoms with Gasteiger partial charge in [-0.3, -0.25) is 4.79 Å². The zero-order chi connectivity index (χ0) is 17.6. The first-order valence-corrected chi connectivity index (χ1v) is 9.46. The maximum atomic E-state index is 12.5. The summed E-state index contributed by atoms with van der Waals surface area (Å²) in [5.74, 6) is 0.224. The molecule has 1 fully saturated rings. The molecule has 5 nitrogen and oxygen atoms in total. The van der Waals surface area contributed by atoms with Gasteiger partial charge in [-0.2, -0.15) is 0 Å². The highest BCUT2D eigenvalue weighted by Crippen LogP contribution is 2.30. The molecule has 5 heteroatoms. The molecule has 1 aliphatic carbocycles.